The van der Waals surface area contributed by atoms with Crippen LogP contribution in [-0.2, 0) is 5.41 Å². The molecular weight excluding hydrogens is 556 g/mol. The van der Waals surface area contributed by atoms with Crippen molar-refractivity contribution in [3.8, 4) is 0 Å². The van der Waals surface area contributed by atoms with Gasteiger partial charge in [-0.3, -0.25) is 0 Å². The Labute approximate surface area is 273 Å². The van der Waals surface area contributed by atoms with E-state index in [4.69, 9.17) is 0 Å². The highest BCUT2D eigenvalue weighted by Crippen LogP contribution is 2.51. The number of aryl methyl sites for hydroxylation is 2. The first-order valence-electron chi connectivity index (χ1n) is 16.1. The lowest BCUT2D eigenvalue weighted by molar-refractivity contribution is 0.591. The Morgan fingerprint density at radius 2 is 0.739 bits per heavy atom. The van der Waals surface area contributed by atoms with Gasteiger partial charge in [0.25, 0.3) is 0 Å². The third kappa shape index (κ3) is 5.41. The molecule has 7 rings (SSSR count). The Balaban J connectivity index is 1.66. The number of hydrogen-bond acceptors (Lipinski definition) is 2. The minimum absolute atomic E-state index is 0.0191. The normalized spacial score (nSPS) is 11.6. The van der Waals surface area contributed by atoms with Crippen LogP contribution in [0.4, 0.5) is 34.1 Å². The quantitative estimate of drug-likeness (QED) is 0.139. The van der Waals surface area contributed by atoms with Gasteiger partial charge in [0.15, 0.2) is 0 Å². The molecule has 46 heavy (non-hydrogen) atoms. The summed E-state index contributed by atoms with van der Waals surface area (Å²) >= 11 is 0. The standard InChI is InChI=1S/C44H40N2/c1-31-20-25-36(26-21-31)45(34-14-8-6-9-15-34)42-38-18-12-13-19-39(38)43(41-30-33(44(3,4)5)24-29-40(41)42)46(35-16-10-7-11-17-35)37-27-22-32(2)23-28-37/h6-30H,1-5H3. The van der Waals surface area contributed by atoms with E-state index < -0.39 is 0 Å². The van der Waals surface area contributed by atoms with Crippen LogP contribution in [0.3, 0.4) is 0 Å². The minimum Gasteiger partial charge on any atom is -0.309 e. The van der Waals surface area contributed by atoms with E-state index in [0.29, 0.717) is 0 Å². The van der Waals surface area contributed by atoms with Gasteiger partial charge in [-0.25, -0.2) is 0 Å². The molecule has 0 radical (unpaired) electrons. The number of nitrogens with zero attached hydrogens (tertiary/aromatic N) is 2. The summed E-state index contributed by atoms with van der Waals surface area (Å²) in [6, 6.07) is 55.3. The SMILES string of the molecule is Cc1ccc(N(c2ccccc2)c2c3ccccc3c(N(c3ccccc3)c3ccc(C)cc3)c3cc(C(C)(C)C)ccc23)cc1. The zero-order chi connectivity index (χ0) is 31.8. The summed E-state index contributed by atoms with van der Waals surface area (Å²) in [4.78, 5) is 4.88. The Kier molecular flexibility index (Phi) is 7.58. The molecule has 226 valence electrons. The molecule has 0 aliphatic rings. The summed E-state index contributed by atoms with van der Waals surface area (Å²) < 4.78 is 0. The molecule has 0 saturated carbocycles. The molecule has 0 amide bonds. The molecule has 2 heteroatoms. The predicted octanol–water partition coefficient (Wildman–Crippen LogP) is 12.8. The van der Waals surface area contributed by atoms with Crippen LogP contribution >= 0.6 is 0 Å². The second kappa shape index (κ2) is 11.9. The lowest BCUT2D eigenvalue weighted by atomic mass is 9.84. The van der Waals surface area contributed by atoms with Crippen LogP contribution in [0.25, 0.3) is 21.5 Å². The van der Waals surface area contributed by atoms with E-state index in [0.717, 1.165) is 22.7 Å². The van der Waals surface area contributed by atoms with Gasteiger partial charge < -0.3 is 9.80 Å². The van der Waals surface area contributed by atoms with Crippen molar-refractivity contribution >= 4 is 55.7 Å². The molecule has 7 aromatic rings. The number of para-hydroxylation sites is 2. The van der Waals surface area contributed by atoms with Gasteiger partial charge in [-0.2, -0.15) is 0 Å². The first-order valence-corrected chi connectivity index (χ1v) is 16.1. The summed E-state index contributed by atoms with van der Waals surface area (Å²) in [7, 11) is 0. The van der Waals surface area contributed by atoms with Crippen LogP contribution in [0, 0.1) is 13.8 Å². The van der Waals surface area contributed by atoms with Crippen molar-refractivity contribution in [1.29, 1.82) is 0 Å². The topological polar surface area (TPSA) is 6.48 Å². The molecule has 0 aliphatic heterocycles. The highest BCUT2D eigenvalue weighted by Gasteiger charge is 2.26. The molecule has 2 nitrogen and oxygen atoms in total. The molecule has 0 aliphatic carbocycles. The molecule has 0 saturated heterocycles. The van der Waals surface area contributed by atoms with Gasteiger partial charge in [-0.05, 0) is 79.4 Å². The average Bonchev–Trinajstić information content (AvgIpc) is 3.07. The first-order chi connectivity index (χ1) is 22.3. The summed E-state index contributed by atoms with van der Waals surface area (Å²) in [5.41, 5.74) is 10.7. The number of rotatable bonds is 6. The molecule has 0 aromatic heterocycles. The molecule has 0 spiro atoms. The van der Waals surface area contributed by atoms with Gasteiger partial charge in [0.2, 0.25) is 0 Å². The lowest BCUT2D eigenvalue weighted by Crippen LogP contribution is -2.16. The van der Waals surface area contributed by atoms with Crippen molar-refractivity contribution in [2.24, 2.45) is 0 Å². The number of benzene rings is 7. The molecule has 0 fully saturated rings. The third-order valence-electron chi connectivity index (χ3n) is 8.89. The van der Waals surface area contributed by atoms with Crippen LogP contribution in [0.1, 0.15) is 37.5 Å². The van der Waals surface area contributed by atoms with Crippen molar-refractivity contribution in [3.05, 3.63) is 168 Å². The minimum atomic E-state index is -0.0191. The lowest BCUT2D eigenvalue weighted by Gasteiger charge is -2.33. The summed E-state index contributed by atoms with van der Waals surface area (Å²) in [5, 5.41) is 4.83. The maximum absolute atomic E-state index is 2.44. The van der Waals surface area contributed by atoms with E-state index in [1.54, 1.807) is 0 Å². The highest BCUT2D eigenvalue weighted by atomic mass is 15.2. The van der Waals surface area contributed by atoms with Crippen molar-refractivity contribution in [2.45, 2.75) is 40.0 Å². The second-order valence-corrected chi connectivity index (χ2v) is 13.3. The second-order valence-electron chi connectivity index (χ2n) is 13.3. The molecule has 0 N–H and O–H groups in total. The number of anilines is 6. The van der Waals surface area contributed by atoms with E-state index in [9.17, 15) is 0 Å². The summed E-state index contributed by atoms with van der Waals surface area (Å²) in [6.45, 7) is 11.2. The van der Waals surface area contributed by atoms with Crippen LogP contribution < -0.4 is 9.80 Å². The molecule has 0 bridgehead atoms. The van der Waals surface area contributed by atoms with Crippen LogP contribution in [0.2, 0.25) is 0 Å². The predicted molar refractivity (Wildman–Crippen MR) is 199 cm³/mol. The zero-order valence-electron chi connectivity index (χ0n) is 27.3. The van der Waals surface area contributed by atoms with Gasteiger partial charge in [0.05, 0.1) is 11.4 Å². The fourth-order valence-corrected chi connectivity index (χ4v) is 6.44. The van der Waals surface area contributed by atoms with E-state index >= 15 is 0 Å². The maximum Gasteiger partial charge on any atom is 0.0620 e. The van der Waals surface area contributed by atoms with Crippen molar-refractivity contribution < 1.29 is 0 Å². The van der Waals surface area contributed by atoms with E-state index in [1.165, 1.54) is 49.6 Å². The van der Waals surface area contributed by atoms with Crippen LogP contribution in [0.15, 0.2) is 152 Å². The van der Waals surface area contributed by atoms with E-state index in [2.05, 4.69) is 196 Å². The molecule has 0 atom stereocenters. The van der Waals surface area contributed by atoms with E-state index in [1.807, 2.05) is 0 Å². The molecule has 0 heterocycles. The number of hydrogen-bond donors (Lipinski definition) is 0. The van der Waals surface area contributed by atoms with Crippen LogP contribution in [0.5, 0.6) is 0 Å². The van der Waals surface area contributed by atoms with Gasteiger partial charge in [-0.1, -0.05) is 129 Å². The van der Waals surface area contributed by atoms with Gasteiger partial charge in [-0.15, -0.1) is 0 Å². The highest BCUT2D eigenvalue weighted by molar-refractivity contribution is 6.23. The van der Waals surface area contributed by atoms with Gasteiger partial charge in [0.1, 0.15) is 0 Å². The average molecular weight is 597 g/mol. The van der Waals surface area contributed by atoms with Crippen LogP contribution in [-0.4, -0.2) is 0 Å². The Bertz CT molecular complexity index is 2120. The van der Waals surface area contributed by atoms with Crippen molar-refractivity contribution in [1.82, 2.24) is 0 Å². The fourth-order valence-electron chi connectivity index (χ4n) is 6.44. The van der Waals surface area contributed by atoms with Gasteiger partial charge >= 0.3 is 0 Å². The zero-order valence-corrected chi connectivity index (χ0v) is 27.3. The Morgan fingerprint density at radius 3 is 1.17 bits per heavy atom. The van der Waals surface area contributed by atoms with Crippen molar-refractivity contribution in [3.63, 3.8) is 0 Å². The Morgan fingerprint density at radius 1 is 0.370 bits per heavy atom. The third-order valence-corrected chi connectivity index (χ3v) is 8.89. The largest absolute Gasteiger partial charge is 0.309 e. The van der Waals surface area contributed by atoms with E-state index in [-0.39, 0.29) is 5.41 Å². The summed E-state index contributed by atoms with van der Waals surface area (Å²) in [6.07, 6.45) is 0. The first kappa shape index (κ1) is 29.4. The fraction of sp³-hybridized carbons (Fsp3) is 0.136. The Hall–Kier alpha value is -5.34. The number of fused-ring (bicyclic) bond motifs is 2. The molecular formula is C44H40N2. The smallest absolute Gasteiger partial charge is 0.0620 e. The van der Waals surface area contributed by atoms with Crippen molar-refractivity contribution in [2.75, 3.05) is 9.80 Å². The molecule has 0 unspecified atom stereocenters. The van der Waals surface area contributed by atoms with Gasteiger partial charge in [0, 0.05) is 44.3 Å². The molecule has 7 aromatic carbocycles. The maximum atomic E-state index is 2.44. The summed E-state index contributed by atoms with van der Waals surface area (Å²) in [5.74, 6) is 0. The monoisotopic (exact) mass is 596 g/mol.